The molecule has 0 N–H and O–H groups in total. The molecule has 0 aromatic heterocycles. The van der Waals surface area contributed by atoms with E-state index in [-0.39, 0.29) is 0 Å². The fraction of sp³-hybridized carbons (Fsp3) is 0.182. The minimum absolute atomic E-state index is 0.510. The van der Waals surface area contributed by atoms with Crippen LogP contribution in [0, 0.1) is 0 Å². The Hall–Kier alpha value is 0.890. The van der Waals surface area contributed by atoms with Crippen molar-refractivity contribution in [1.82, 2.24) is 0 Å². The van der Waals surface area contributed by atoms with Crippen LogP contribution < -0.4 is 5.30 Å². The van der Waals surface area contributed by atoms with Crippen LogP contribution in [0.25, 0.3) is 0 Å². The fourth-order valence-electron chi connectivity index (χ4n) is 2.86. The molecule has 4 aliphatic heterocycles. The molecular formula is C22H19PS8. The summed E-state index contributed by atoms with van der Waals surface area (Å²) in [7, 11) is -0.510. The van der Waals surface area contributed by atoms with Gasteiger partial charge in [-0.2, -0.15) is 0 Å². The maximum absolute atomic E-state index is 2.42. The maximum Gasteiger partial charge on any atom is 0.0701 e. The van der Waals surface area contributed by atoms with Crippen LogP contribution >= 0.6 is 102 Å². The molecule has 0 fully saturated rings. The standard InChI is InChI=1S/C22H19PS8/c1-12-13(2)27-21(26-12)19-24-10-17(30-19)23(16-8-6-5-7-9-16)18-11-25-20(31-18)22-28-14(3)15(4)29-22/h5-11H,1-4H3. The Balaban J connectivity index is 1.40. The summed E-state index contributed by atoms with van der Waals surface area (Å²) in [5.74, 6) is 0. The first-order valence-corrected chi connectivity index (χ1v) is 17.5. The van der Waals surface area contributed by atoms with Crippen LogP contribution in [-0.2, 0) is 0 Å². The summed E-state index contributed by atoms with van der Waals surface area (Å²) in [5.41, 5.74) is 0. The zero-order valence-electron chi connectivity index (χ0n) is 17.3. The van der Waals surface area contributed by atoms with Crippen LogP contribution in [0.15, 0.2) is 87.0 Å². The predicted molar refractivity (Wildman–Crippen MR) is 161 cm³/mol. The Morgan fingerprint density at radius 3 is 1.35 bits per heavy atom. The predicted octanol–water partition coefficient (Wildman–Crippen LogP) is 11.1. The van der Waals surface area contributed by atoms with Gasteiger partial charge in [0.1, 0.15) is 0 Å². The van der Waals surface area contributed by atoms with Gasteiger partial charge in [0.25, 0.3) is 0 Å². The van der Waals surface area contributed by atoms with E-state index in [0.29, 0.717) is 0 Å². The third kappa shape index (κ3) is 5.13. The van der Waals surface area contributed by atoms with E-state index >= 15 is 0 Å². The maximum atomic E-state index is 2.42. The van der Waals surface area contributed by atoms with Gasteiger partial charge in [0.05, 0.1) is 16.9 Å². The second kappa shape index (κ2) is 10.2. The third-order valence-corrected chi connectivity index (χ3v) is 19.3. The molecule has 160 valence electrons. The molecule has 0 saturated carbocycles. The van der Waals surface area contributed by atoms with Gasteiger partial charge in [-0.1, -0.05) is 124 Å². The third-order valence-electron chi connectivity index (χ3n) is 4.69. The lowest BCUT2D eigenvalue weighted by Crippen LogP contribution is -2.00. The summed E-state index contributed by atoms with van der Waals surface area (Å²) in [6.45, 7) is 8.94. The fourth-order valence-corrected chi connectivity index (χ4v) is 17.7. The Morgan fingerprint density at radius 2 is 0.935 bits per heavy atom. The molecule has 5 rings (SSSR count). The van der Waals surface area contributed by atoms with Gasteiger partial charge >= 0.3 is 0 Å². The van der Waals surface area contributed by atoms with Crippen molar-refractivity contribution < 1.29 is 0 Å². The summed E-state index contributed by atoms with van der Waals surface area (Å²) >= 11 is 15.6. The molecule has 31 heavy (non-hydrogen) atoms. The van der Waals surface area contributed by atoms with Crippen LogP contribution in [0.1, 0.15) is 27.7 Å². The molecule has 0 radical (unpaired) electrons. The van der Waals surface area contributed by atoms with E-state index in [1.807, 2.05) is 94.1 Å². The zero-order chi connectivity index (χ0) is 21.5. The largest absolute Gasteiger partial charge is 0.0877 e. The molecule has 0 spiro atoms. The van der Waals surface area contributed by atoms with E-state index in [4.69, 9.17) is 0 Å². The van der Waals surface area contributed by atoms with Crippen LogP contribution in [0.3, 0.4) is 0 Å². The Labute approximate surface area is 220 Å². The van der Waals surface area contributed by atoms with E-state index in [0.717, 1.165) is 0 Å². The molecule has 4 aliphatic rings. The first-order chi connectivity index (χ1) is 15.0. The van der Waals surface area contributed by atoms with Crippen molar-refractivity contribution in [3.8, 4) is 0 Å². The van der Waals surface area contributed by atoms with Gasteiger partial charge in [-0.05, 0) is 63.4 Å². The normalized spacial score (nSPS) is 22.0. The summed E-state index contributed by atoms with van der Waals surface area (Å²) in [6.07, 6.45) is 0. The average molecular weight is 571 g/mol. The molecule has 0 nitrogen and oxygen atoms in total. The lowest BCUT2D eigenvalue weighted by Gasteiger charge is -2.19. The molecule has 0 unspecified atom stereocenters. The first kappa shape index (κ1) is 23.6. The highest BCUT2D eigenvalue weighted by Gasteiger charge is 2.33. The molecule has 0 aliphatic carbocycles. The number of benzene rings is 1. The van der Waals surface area contributed by atoms with E-state index < -0.39 is 7.92 Å². The van der Waals surface area contributed by atoms with E-state index in [9.17, 15) is 0 Å². The minimum atomic E-state index is -0.510. The van der Waals surface area contributed by atoms with Crippen LogP contribution in [0.2, 0.25) is 0 Å². The summed E-state index contributed by atoms with van der Waals surface area (Å²) in [6, 6.07) is 11.1. The molecule has 1 aromatic rings. The summed E-state index contributed by atoms with van der Waals surface area (Å²) < 4.78 is 8.86. The number of hydrogen-bond donors (Lipinski definition) is 0. The summed E-state index contributed by atoms with van der Waals surface area (Å²) in [5, 5.41) is 6.28. The quantitative estimate of drug-likeness (QED) is 0.325. The average Bonchev–Trinajstić information content (AvgIpc) is 3.54. The van der Waals surface area contributed by atoms with Crippen molar-refractivity contribution in [3.05, 3.63) is 87.0 Å². The second-order valence-electron chi connectivity index (χ2n) is 6.81. The van der Waals surface area contributed by atoms with Gasteiger partial charge in [0, 0.05) is 17.2 Å². The topological polar surface area (TPSA) is 0 Å². The second-order valence-corrected chi connectivity index (χ2v) is 19.4. The van der Waals surface area contributed by atoms with Gasteiger partial charge in [0.2, 0.25) is 0 Å². The molecule has 0 saturated heterocycles. The lowest BCUT2D eigenvalue weighted by atomic mass is 10.4. The van der Waals surface area contributed by atoms with Crippen LogP contribution in [-0.4, -0.2) is 0 Å². The molecule has 0 atom stereocenters. The highest BCUT2D eigenvalue weighted by molar-refractivity contribution is 8.38. The van der Waals surface area contributed by atoms with Gasteiger partial charge in [-0.3, -0.25) is 0 Å². The molecule has 0 amide bonds. The first-order valence-electron chi connectivity index (χ1n) is 9.49. The SMILES string of the molecule is CC1=C(C)SC(=C2SC=C(P(C3=CSC(=C4SC(C)=C(C)S4)S3)c3ccccc3)S2)S1. The number of hydrogen-bond acceptors (Lipinski definition) is 8. The van der Waals surface area contributed by atoms with Crippen molar-refractivity contribution >= 4 is 107 Å². The molecule has 9 heteroatoms. The van der Waals surface area contributed by atoms with Crippen LogP contribution in [0.4, 0.5) is 0 Å². The van der Waals surface area contributed by atoms with Crippen molar-refractivity contribution in [2.24, 2.45) is 0 Å². The van der Waals surface area contributed by atoms with Crippen LogP contribution in [0.5, 0.6) is 0 Å². The Bertz CT molecular complexity index is 1020. The Kier molecular flexibility index (Phi) is 7.81. The van der Waals surface area contributed by atoms with Gasteiger partial charge < -0.3 is 0 Å². The molecule has 1 aromatic carbocycles. The van der Waals surface area contributed by atoms with Gasteiger partial charge in [0.15, 0.2) is 0 Å². The number of allylic oxidation sites excluding steroid dienone is 4. The van der Waals surface area contributed by atoms with Gasteiger partial charge in [-0.25, -0.2) is 0 Å². The van der Waals surface area contributed by atoms with E-state index in [1.54, 1.807) is 0 Å². The highest BCUT2D eigenvalue weighted by atomic mass is 32.2. The monoisotopic (exact) mass is 570 g/mol. The van der Waals surface area contributed by atoms with Crippen molar-refractivity contribution in [1.29, 1.82) is 0 Å². The van der Waals surface area contributed by atoms with Crippen molar-refractivity contribution in [2.45, 2.75) is 27.7 Å². The minimum Gasteiger partial charge on any atom is -0.0877 e. The number of rotatable bonds is 3. The molecule has 0 bridgehead atoms. The highest BCUT2D eigenvalue weighted by Crippen LogP contribution is 2.71. The number of thioether (sulfide) groups is 8. The molecule has 4 heterocycles. The van der Waals surface area contributed by atoms with Crippen molar-refractivity contribution in [3.63, 3.8) is 0 Å². The Morgan fingerprint density at radius 1 is 0.516 bits per heavy atom. The lowest BCUT2D eigenvalue weighted by molar-refractivity contribution is 1.57. The zero-order valence-corrected chi connectivity index (χ0v) is 24.7. The van der Waals surface area contributed by atoms with Crippen molar-refractivity contribution in [2.75, 3.05) is 0 Å². The molecular weight excluding hydrogens is 552 g/mol. The van der Waals surface area contributed by atoms with E-state index in [2.05, 4.69) is 68.8 Å². The van der Waals surface area contributed by atoms with E-state index in [1.165, 1.54) is 51.2 Å². The van der Waals surface area contributed by atoms with Gasteiger partial charge in [-0.15, -0.1) is 0 Å². The summed E-state index contributed by atoms with van der Waals surface area (Å²) in [4.78, 5) is 5.78. The smallest absolute Gasteiger partial charge is 0.0701 e.